The number of piperidine rings is 1. The van der Waals surface area contributed by atoms with E-state index < -0.39 is 12.0 Å². The molecule has 0 amide bonds. The lowest BCUT2D eigenvalue weighted by atomic mass is 10.1. The van der Waals surface area contributed by atoms with Crippen molar-refractivity contribution in [3.05, 3.63) is 27.1 Å². The molecule has 138 valence electrons. The number of halogens is 4. The van der Waals surface area contributed by atoms with E-state index in [0.717, 1.165) is 0 Å². The van der Waals surface area contributed by atoms with Crippen molar-refractivity contribution in [2.24, 2.45) is 12.8 Å². The fraction of sp³-hybridized carbons (Fsp3) is 0.533. The average Bonchev–Trinajstić information content (AvgIpc) is 2.51. The fourth-order valence-electron chi connectivity index (χ4n) is 2.88. The van der Waals surface area contributed by atoms with Crippen LogP contribution in [0, 0.1) is 0 Å². The van der Waals surface area contributed by atoms with E-state index in [0.29, 0.717) is 17.0 Å². The molecule has 10 heteroatoms. The van der Waals surface area contributed by atoms with Crippen molar-refractivity contribution in [2.45, 2.75) is 31.7 Å². The van der Waals surface area contributed by atoms with Crippen LogP contribution in [0.15, 0.2) is 10.9 Å². The zero-order chi connectivity index (χ0) is 17.6. The van der Waals surface area contributed by atoms with Gasteiger partial charge in [-0.15, -0.1) is 12.4 Å². The number of rotatable bonds is 2. The Hall–Kier alpha value is -1.51. The quantitative estimate of drug-likeness (QED) is 0.793. The van der Waals surface area contributed by atoms with Gasteiger partial charge in [-0.2, -0.15) is 0 Å². The first kappa shape index (κ1) is 19.8. The van der Waals surface area contributed by atoms with Gasteiger partial charge in [-0.1, -0.05) is 11.6 Å². The Balaban J connectivity index is 0.00000225. The molecule has 2 aromatic rings. The normalized spacial score (nSPS) is 18.1. The molecule has 0 aliphatic carbocycles. The molecule has 2 N–H and O–H groups in total. The molecule has 1 unspecified atom stereocenters. The third kappa shape index (κ3) is 3.70. The van der Waals surface area contributed by atoms with E-state index >= 15 is 0 Å². The fourth-order valence-corrected chi connectivity index (χ4v) is 3.08. The molecule has 1 aliphatic heterocycles. The second kappa shape index (κ2) is 7.01. The molecule has 6 nitrogen and oxygen atoms in total. The summed E-state index contributed by atoms with van der Waals surface area (Å²) in [5, 5.41) is 0.166. The molecule has 1 atom stereocenters. The van der Waals surface area contributed by atoms with E-state index in [9.17, 15) is 13.6 Å². The van der Waals surface area contributed by atoms with Crippen LogP contribution in [0.5, 0.6) is 0 Å². The lowest BCUT2D eigenvalue weighted by molar-refractivity contribution is -0.0223. The first-order chi connectivity index (χ1) is 11.2. The largest absolute Gasteiger partial charge is 0.342 e. The van der Waals surface area contributed by atoms with E-state index in [2.05, 4.69) is 9.97 Å². The van der Waals surface area contributed by atoms with Crippen molar-refractivity contribution in [3.8, 4) is 0 Å². The zero-order valence-electron chi connectivity index (χ0n) is 13.8. The van der Waals surface area contributed by atoms with Gasteiger partial charge in [-0.3, -0.25) is 9.36 Å². The molecule has 0 bridgehead atoms. The Bertz CT molecular complexity index is 846. The van der Waals surface area contributed by atoms with Gasteiger partial charge in [-0.05, 0) is 18.6 Å². The van der Waals surface area contributed by atoms with Gasteiger partial charge in [0.2, 0.25) is 5.95 Å². The Morgan fingerprint density at radius 3 is 2.44 bits per heavy atom. The minimum Gasteiger partial charge on any atom is -0.342 e. The third-order valence-electron chi connectivity index (χ3n) is 4.28. The molecule has 2 aromatic heterocycles. The Morgan fingerprint density at radius 1 is 1.28 bits per heavy atom. The summed E-state index contributed by atoms with van der Waals surface area (Å²) in [5.74, 6) is -2.33. The number of pyridine rings is 1. The van der Waals surface area contributed by atoms with Crippen molar-refractivity contribution in [1.29, 1.82) is 0 Å². The number of nitrogens with two attached hydrogens (primary N) is 1. The van der Waals surface area contributed by atoms with Crippen LogP contribution < -0.4 is 16.2 Å². The Labute approximate surface area is 154 Å². The minimum atomic E-state index is -2.67. The highest BCUT2D eigenvalue weighted by Crippen LogP contribution is 2.30. The number of anilines is 1. The highest BCUT2D eigenvalue weighted by molar-refractivity contribution is 6.29. The van der Waals surface area contributed by atoms with Crippen molar-refractivity contribution >= 4 is 41.0 Å². The van der Waals surface area contributed by atoms with Crippen molar-refractivity contribution < 1.29 is 8.78 Å². The maximum Gasteiger partial charge on any atom is 0.281 e. The summed E-state index contributed by atoms with van der Waals surface area (Å²) in [6.07, 6.45) is -0.528. The second-order valence-electron chi connectivity index (χ2n) is 6.14. The van der Waals surface area contributed by atoms with Gasteiger partial charge in [0.05, 0.1) is 0 Å². The molecule has 1 saturated heterocycles. The predicted molar refractivity (Wildman–Crippen MR) is 96.0 cm³/mol. The maximum atomic E-state index is 13.4. The number of hydrogen-bond donors (Lipinski definition) is 1. The molecular weight excluding hydrogens is 375 g/mol. The van der Waals surface area contributed by atoms with Crippen molar-refractivity contribution in [2.75, 3.05) is 18.0 Å². The number of nitrogens with zero attached hydrogens (tertiary/aromatic N) is 4. The van der Waals surface area contributed by atoms with Crippen molar-refractivity contribution in [1.82, 2.24) is 14.5 Å². The number of aromatic nitrogens is 3. The molecule has 0 radical (unpaired) electrons. The van der Waals surface area contributed by atoms with E-state index in [-0.39, 0.29) is 54.6 Å². The first-order valence-electron chi connectivity index (χ1n) is 7.65. The summed E-state index contributed by atoms with van der Waals surface area (Å²) in [5.41, 5.74) is 6.67. The first-order valence-corrected chi connectivity index (χ1v) is 8.03. The van der Waals surface area contributed by atoms with Gasteiger partial charge in [0.1, 0.15) is 10.7 Å². The van der Waals surface area contributed by atoms with Gasteiger partial charge >= 0.3 is 0 Å². The molecule has 1 aliphatic rings. The maximum absolute atomic E-state index is 13.4. The SMILES string of the molecule is CC(N)c1cc(Cl)nc2c(=O)n(C)c(N3CCC(F)(F)CC3)nc12.Cl. The summed E-state index contributed by atoms with van der Waals surface area (Å²) in [7, 11) is 1.55. The van der Waals surface area contributed by atoms with Crippen LogP contribution in [0.2, 0.25) is 5.15 Å². The van der Waals surface area contributed by atoms with E-state index in [1.165, 1.54) is 4.57 Å². The molecule has 0 aromatic carbocycles. The average molecular weight is 394 g/mol. The van der Waals surface area contributed by atoms with Crippen LogP contribution in [-0.4, -0.2) is 33.5 Å². The summed E-state index contributed by atoms with van der Waals surface area (Å²) in [4.78, 5) is 22.9. The Morgan fingerprint density at radius 2 is 1.88 bits per heavy atom. The van der Waals surface area contributed by atoms with Gasteiger partial charge < -0.3 is 10.6 Å². The number of hydrogen-bond acceptors (Lipinski definition) is 5. The molecule has 3 rings (SSSR count). The topological polar surface area (TPSA) is 77.0 Å². The summed E-state index contributed by atoms with van der Waals surface area (Å²) in [6.45, 7) is 2.02. The zero-order valence-corrected chi connectivity index (χ0v) is 15.4. The van der Waals surface area contributed by atoms with Crippen LogP contribution in [0.25, 0.3) is 11.0 Å². The standard InChI is InChI=1S/C15H18ClF2N5O.ClH/c1-8(19)9-7-10(16)20-12-11(9)21-14(22(2)13(12)24)23-5-3-15(17,18)4-6-23;/h7-8H,3-6,19H2,1-2H3;1H. The van der Waals surface area contributed by atoms with Gasteiger partial charge in [0.25, 0.3) is 11.5 Å². The van der Waals surface area contributed by atoms with Crippen LogP contribution in [0.3, 0.4) is 0 Å². The lowest BCUT2D eigenvalue weighted by Gasteiger charge is -2.33. The number of fused-ring (bicyclic) bond motifs is 1. The minimum absolute atomic E-state index is 0. The molecule has 3 heterocycles. The smallest absolute Gasteiger partial charge is 0.281 e. The van der Waals surface area contributed by atoms with Gasteiger partial charge in [0, 0.05) is 39.0 Å². The lowest BCUT2D eigenvalue weighted by Crippen LogP contribution is -2.42. The molecular formula is C15H19Cl2F2N5O. The number of alkyl halides is 2. The summed E-state index contributed by atoms with van der Waals surface area (Å²) < 4.78 is 28.1. The third-order valence-corrected chi connectivity index (χ3v) is 4.47. The second-order valence-corrected chi connectivity index (χ2v) is 6.53. The highest BCUT2D eigenvalue weighted by atomic mass is 35.5. The van der Waals surface area contributed by atoms with Crippen LogP contribution in [0.4, 0.5) is 14.7 Å². The van der Waals surface area contributed by atoms with E-state index in [1.54, 1.807) is 24.9 Å². The monoisotopic (exact) mass is 393 g/mol. The van der Waals surface area contributed by atoms with Crippen molar-refractivity contribution in [3.63, 3.8) is 0 Å². The van der Waals surface area contributed by atoms with Gasteiger partial charge in [-0.25, -0.2) is 18.7 Å². The molecule has 25 heavy (non-hydrogen) atoms. The molecule has 1 fully saturated rings. The van der Waals surface area contributed by atoms with E-state index in [4.69, 9.17) is 17.3 Å². The van der Waals surface area contributed by atoms with Crippen LogP contribution in [0.1, 0.15) is 31.4 Å². The predicted octanol–water partition coefficient (Wildman–Crippen LogP) is 2.66. The summed E-state index contributed by atoms with van der Waals surface area (Å²) >= 11 is 5.98. The Kier molecular flexibility index (Phi) is 5.56. The molecule has 0 saturated carbocycles. The van der Waals surface area contributed by atoms with Crippen LogP contribution in [-0.2, 0) is 7.05 Å². The highest BCUT2D eigenvalue weighted by Gasteiger charge is 2.35. The van der Waals surface area contributed by atoms with Crippen LogP contribution >= 0.6 is 24.0 Å². The summed E-state index contributed by atoms with van der Waals surface area (Å²) in [6, 6.07) is 1.18. The molecule has 0 spiro atoms. The van der Waals surface area contributed by atoms with E-state index in [1.807, 2.05) is 0 Å². The van der Waals surface area contributed by atoms with Gasteiger partial charge in [0.15, 0.2) is 5.52 Å².